The van der Waals surface area contributed by atoms with Gasteiger partial charge < -0.3 is 15.3 Å². The highest BCUT2D eigenvalue weighted by Gasteiger charge is 2.60. The second-order valence-corrected chi connectivity index (χ2v) is 12.6. The zero-order valence-electron chi connectivity index (χ0n) is 20.3. The number of fused-ring (bicyclic) bond motifs is 5. The Morgan fingerprint density at radius 2 is 1.84 bits per heavy atom. The van der Waals surface area contributed by atoms with Gasteiger partial charge in [0.2, 0.25) is 0 Å². The van der Waals surface area contributed by atoms with E-state index in [-0.39, 0.29) is 5.41 Å². The van der Waals surface area contributed by atoms with Crippen LogP contribution < -0.4 is 0 Å². The summed E-state index contributed by atoms with van der Waals surface area (Å²) in [5.41, 5.74) is -0.105. The van der Waals surface area contributed by atoms with Gasteiger partial charge in [-0.3, -0.25) is 0 Å². The molecule has 0 aromatic carbocycles. The van der Waals surface area contributed by atoms with Crippen molar-refractivity contribution in [1.29, 1.82) is 0 Å². The van der Waals surface area contributed by atoms with E-state index in [2.05, 4.69) is 26.8 Å². The Labute approximate surface area is 188 Å². The first kappa shape index (κ1) is 23.7. The predicted molar refractivity (Wildman–Crippen MR) is 122 cm³/mol. The van der Waals surface area contributed by atoms with Gasteiger partial charge in [0, 0.05) is 11.8 Å². The van der Waals surface area contributed by atoms with Crippen LogP contribution in [-0.4, -0.2) is 39.3 Å². The number of rotatable bonds is 5. The first-order valence-corrected chi connectivity index (χ1v) is 12.8. The molecule has 0 aromatic rings. The Morgan fingerprint density at radius 1 is 1.13 bits per heavy atom. The standard InChI is InChI=1S/C27H45FO3/c1-16(6-11-23(30)25(2,3)28)20-9-10-21-19-8-7-17-14-18(29)15-24(31)27(17,5)22(19)12-13-26(20,21)4/h7,16,18-24,29-31H,6,8-15H2,1-5H3/t16-,18?,19+,20-,21+,22+,23?,24+,26-,27+/m1/s1. The number of hydrogen-bond acceptors (Lipinski definition) is 3. The fraction of sp³-hybridized carbons (Fsp3) is 0.926. The molecule has 2 unspecified atom stereocenters. The fourth-order valence-electron chi connectivity index (χ4n) is 8.64. The lowest BCUT2D eigenvalue weighted by Gasteiger charge is -2.59. The van der Waals surface area contributed by atoms with E-state index in [1.165, 1.54) is 38.7 Å². The topological polar surface area (TPSA) is 60.7 Å². The van der Waals surface area contributed by atoms with E-state index in [4.69, 9.17) is 0 Å². The minimum atomic E-state index is -1.53. The van der Waals surface area contributed by atoms with Gasteiger partial charge in [0.25, 0.3) is 0 Å². The highest BCUT2D eigenvalue weighted by atomic mass is 19.1. The van der Waals surface area contributed by atoms with Crippen LogP contribution in [0.2, 0.25) is 0 Å². The maximum Gasteiger partial charge on any atom is 0.131 e. The molecule has 0 amide bonds. The smallest absolute Gasteiger partial charge is 0.131 e. The van der Waals surface area contributed by atoms with Gasteiger partial charge in [0.15, 0.2) is 0 Å². The summed E-state index contributed by atoms with van der Waals surface area (Å²) in [6.45, 7) is 10.0. The third-order valence-corrected chi connectivity index (χ3v) is 10.6. The lowest BCUT2D eigenvalue weighted by atomic mass is 9.46. The average molecular weight is 437 g/mol. The summed E-state index contributed by atoms with van der Waals surface area (Å²) >= 11 is 0. The Bertz CT molecular complexity index is 699. The summed E-state index contributed by atoms with van der Waals surface area (Å²) in [5, 5.41) is 31.5. The highest BCUT2D eigenvalue weighted by Crippen LogP contribution is 2.67. The summed E-state index contributed by atoms with van der Waals surface area (Å²) in [7, 11) is 0. The Balaban J connectivity index is 1.50. The number of hydrogen-bond donors (Lipinski definition) is 3. The van der Waals surface area contributed by atoms with Gasteiger partial charge in [0.1, 0.15) is 5.67 Å². The molecule has 3 fully saturated rings. The molecule has 0 bridgehead atoms. The number of aliphatic hydroxyl groups is 3. The van der Waals surface area contributed by atoms with E-state index < -0.39 is 24.0 Å². The maximum absolute atomic E-state index is 14.1. The van der Waals surface area contributed by atoms with Crippen LogP contribution in [0.3, 0.4) is 0 Å². The van der Waals surface area contributed by atoms with Crippen LogP contribution in [0.25, 0.3) is 0 Å². The molecule has 4 aliphatic rings. The molecule has 10 atom stereocenters. The number of halogens is 1. The third-order valence-electron chi connectivity index (χ3n) is 10.6. The summed E-state index contributed by atoms with van der Waals surface area (Å²) in [6, 6.07) is 0. The van der Waals surface area contributed by atoms with Crippen molar-refractivity contribution in [2.24, 2.45) is 40.4 Å². The SMILES string of the molecule is C[C@H](CCC(O)C(C)(C)F)[C@H]1CC[C@H]2[C@@H]3CC=C4CC(O)C[C@H](O)[C@]4(C)[C@H]3CC[C@]12C. The summed E-state index contributed by atoms with van der Waals surface area (Å²) in [4.78, 5) is 0. The zero-order chi connectivity index (χ0) is 22.8. The van der Waals surface area contributed by atoms with E-state index in [1.807, 2.05) is 0 Å². The molecule has 31 heavy (non-hydrogen) atoms. The van der Waals surface area contributed by atoms with Crippen LogP contribution in [0.1, 0.15) is 92.4 Å². The van der Waals surface area contributed by atoms with Gasteiger partial charge in [-0.2, -0.15) is 0 Å². The van der Waals surface area contributed by atoms with Crippen molar-refractivity contribution >= 4 is 0 Å². The Kier molecular flexibility index (Phi) is 6.19. The predicted octanol–water partition coefficient (Wildman–Crippen LogP) is 5.42. The van der Waals surface area contributed by atoms with Gasteiger partial charge in [-0.05, 0) is 100 Å². The van der Waals surface area contributed by atoms with Crippen molar-refractivity contribution in [2.45, 2.75) is 116 Å². The van der Waals surface area contributed by atoms with Crippen molar-refractivity contribution in [1.82, 2.24) is 0 Å². The largest absolute Gasteiger partial charge is 0.393 e. The van der Waals surface area contributed by atoms with Crippen LogP contribution >= 0.6 is 0 Å². The van der Waals surface area contributed by atoms with Crippen molar-refractivity contribution < 1.29 is 19.7 Å². The molecule has 3 saturated carbocycles. The van der Waals surface area contributed by atoms with Crippen LogP contribution in [-0.2, 0) is 0 Å². The van der Waals surface area contributed by atoms with Crippen LogP contribution in [0.4, 0.5) is 4.39 Å². The van der Waals surface area contributed by atoms with Gasteiger partial charge in [-0.1, -0.05) is 32.4 Å². The summed E-state index contributed by atoms with van der Waals surface area (Å²) < 4.78 is 14.1. The van der Waals surface area contributed by atoms with Crippen molar-refractivity contribution in [3.63, 3.8) is 0 Å². The number of aliphatic hydroxyl groups excluding tert-OH is 3. The first-order valence-electron chi connectivity index (χ1n) is 12.8. The molecule has 4 rings (SSSR count). The minimum absolute atomic E-state index is 0.177. The molecule has 4 aliphatic carbocycles. The maximum atomic E-state index is 14.1. The van der Waals surface area contributed by atoms with E-state index in [0.717, 1.165) is 25.7 Å². The number of alkyl halides is 1. The van der Waals surface area contributed by atoms with Gasteiger partial charge in [-0.15, -0.1) is 0 Å². The third kappa shape index (κ3) is 3.83. The second kappa shape index (κ2) is 8.09. The fourth-order valence-corrected chi connectivity index (χ4v) is 8.64. The Hall–Kier alpha value is -0.450. The molecule has 0 aromatic heterocycles. The molecule has 178 valence electrons. The normalized spacial score (nSPS) is 47.1. The van der Waals surface area contributed by atoms with Crippen molar-refractivity contribution in [2.75, 3.05) is 0 Å². The van der Waals surface area contributed by atoms with Gasteiger partial charge in [0.05, 0.1) is 18.3 Å². The molecule has 0 heterocycles. The summed E-state index contributed by atoms with van der Waals surface area (Å²) in [6.07, 6.45) is 9.21. The van der Waals surface area contributed by atoms with E-state index in [9.17, 15) is 19.7 Å². The molecular weight excluding hydrogens is 391 g/mol. The van der Waals surface area contributed by atoms with Crippen LogP contribution in [0.15, 0.2) is 11.6 Å². The van der Waals surface area contributed by atoms with Crippen LogP contribution in [0.5, 0.6) is 0 Å². The van der Waals surface area contributed by atoms with E-state index >= 15 is 0 Å². The molecule has 0 radical (unpaired) electrons. The zero-order valence-corrected chi connectivity index (χ0v) is 20.3. The molecule has 3 N–H and O–H groups in total. The van der Waals surface area contributed by atoms with Crippen molar-refractivity contribution in [3.05, 3.63) is 11.6 Å². The molecular formula is C27H45FO3. The second-order valence-electron chi connectivity index (χ2n) is 12.6. The highest BCUT2D eigenvalue weighted by molar-refractivity contribution is 5.27. The van der Waals surface area contributed by atoms with E-state index in [0.29, 0.717) is 47.8 Å². The monoisotopic (exact) mass is 436 g/mol. The van der Waals surface area contributed by atoms with Crippen molar-refractivity contribution in [3.8, 4) is 0 Å². The van der Waals surface area contributed by atoms with E-state index in [1.54, 1.807) is 0 Å². The van der Waals surface area contributed by atoms with Gasteiger partial charge >= 0.3 is 0 Å². The lowest BCUT2D eigenvalue weighted by molar-refractivity contribution is -0.108. The Morgan fingerprint density at radius 3 is 2.52 bits per heavy atom. The summed E-state index contributed by atoms with van der Waals surface area (Å²) in [5.74, 6) is 2.92. The molecule has 3 nitrogen and oxygen atoms in total. The minimum Gasteiger partial charge on any atom is -0.393 e. The number of allylic oxidation sites excluding steroid dienone is 1. The lowest BCUT2D eigenvalue weighted by Crippen LogP contribution is -2.55. The van der Waals surface area contributed by atoms with Gasteiger partial charge in [-0.25, -0.2) is 4.39 Å². The van der Waals surface area contributed by atoms with Crippen LogP contribution in [0, 0.1) is 40.4 Å². The molecule has 0 spiro atoms. The quantitative estimate of drug-likeness (QED) is 0.504. The molecule has 0 aliphatic heterocycles. The first-order chi connectivity index (χ1) is 14.4. The molecule has 0 saturated heterocycles. The average Bonchev–Trinajstić information content (AvgIpc) is 3.03. The molecule has 4 heteroatoms.